The minimum Gasteiger partial charge on any atom is -0.292 e. The lowest BCUT2D eigenvalue weighted by Crippen LogP contribution is -2.00. The molecule has 6 aromatic rings. The predicted octanol–water partition coefficient (Wildman–Crippen LogP) is 10.2. The zero-order valence-electron chi connectivity index (χ0n) is 22.9. The Morgan fingerprint density at radius 1 is 0.525 bits per heavy atom. The normalized spacial score (nSPS) is 11.4. The average molecular weight is 517 g/mol. The van der Waals surface area contributed by atoms with Gasteiger partial charge in [0.15, 0.2) is 0 Å². The minimum atomic E-state index is 0.541. The molecule has 2 heteroatoms. The van der Waals surface area contributed by atoms with Gasteiger partial charge >= 0.3 is 0 Å². The van der Waals surface area contributed by atoms with Gasteiger partial charge in [-0.05, 0) is 34.7 Å². The third-order valence-corrected chi connectivity index (χ3v) is 7.23. The largest absolute Gasteiger partial charge is 0.292 e. The molecule has 0 atom stereocenters. The van der Waals surface area contributed by atoms with Gasteiger partial charge in [-0.3, -0.25) is 4.57 Å². The van der Waals surface area contributed by atoms with Gasteiger partial charge in [-0.2, -0.15) is 0 Å². The summed E-state index contributed by atoms with van der Waals surface area (Å²) in [6, 6.07) is 49.0. The second kappa shape index (κ2) is 11.4. The van der Waals surface area contributed by atoms with Crippen molar-refractivity contribution in [2.45, 2.75) is 19.8 Å². The van der Waals surface area contributed by atoms with E-state index < -0.39 is 0 Å². The van der Waals surface area contributed by atoms with Crippen molar-refractivity contribution in [2.24, 2.45) is 0 Å². The molecule has 194 valence electrons. The molecule has 0 fully saturated rings. The molecule has 40 heavy (non-hydrogen) atoms. The molecule has 0 radical (unpaired) electrons. The Bertz CT molecular complexity index is 1710. The van der Waals surface area contributed by atoms with E-state index in [9.17, 15) is 0 Å². The summed E-state index contributed by atoms with van der Waals surface area (Å²) < 4.78 is 2.29. The van der Waals surface area contributed by atoms with Crippen LogP contribution in [0.2, 0.25) is 0 Å². The molecule has 1 heterocycles. The standard InChI is InChI=1S/C38H32N2/c1-28(2)31-24-20-29(21-25-31)18-19-30-22-26-34(27-23-30)38-39-36(32-12-6-3-7-13-32)37(33-14-8-4-9-15-33)40(38)35-16-10-5-11-17-35/h3-28H,1-2H3/b19-18+. The fourth-order valence-electron chi connectivity index (χ4n) is 5.03. The molecule has 5 aromatic carbocycles. The summed E-state index contributed by atoms with van der Waals surface area (Å²) in [6.07, 6.45) is 4.34. The molecule has 0 aliphatic rings. The molecule has 0 amide bonds. The summed E-state index contributed by atoms with van der Waals surface area (Å²) in [5, 5.41) is 0. The molecule has 0 aliphatic heterocycles. The van der Waals surface area contributed by atoms with Crippen LogP contribution in [0.4, 0.5) is 0 Å². The molecule has 0 N–H and O–H groups in total. The van der Waals surface area contributed by atoms with E-state index >= 15 is 0 Å². The lowest BCUT2D eigenvalue weighted by molar-refractivity contribution is 0.866. The fraction of sp³-hybridized carbons (Fsp3) is 0.0789. The molecule has 0 saturated carbocycles. The number of hydrogen-bond donors (Lipinski definition) is 0. The van der Waals surface area contributed by atoms with E-state index in [4.69, 9.17) is 4.98 Å². The Balaban J connectivity index is 1.44. The first-order valence-corrected chi connectivity index (χ1v) is 13.8. The predicted molar refractivity (Wildman–Crippen MR) is 169 cm³/mol. The quantitative estimate of drug-likeness (QED) is 0.193. The van der Waals surface area contributed by atoms with Crippen LogP contribution in [-0.4, -0.2) is 9.55 Å². The van der Waals surface area contributed by atoms with Crippen molar-refractivity contribution < 1.29 is 0 Å². The van der Waals surface area contributed by atoms with E-state index in [1.807, 2.05) is 6.07 Å². The van der Waals surface area contributed by atoms with Crippen LogP contribution < -0.4 is 0 Å². The van der Waals surface area contributed by atoms with Crippen LogP contribution in [0.15, 0.2) is 140 Å². The van der Waals surface area contributed by atoms with Crippen molar-refractivity contribution in [3.63, 3.8) is 0 Å². The van der Waals surface area contributed by atoms with Gasteiger partial charge in [-0.15, -0.1) is 0 Å². The smallest absolute Gasteiger partial charge is 0.145 e. The van der Waals surface area contributed by atoms with E-state index in [1.165, 1.54) is 11.1 Å². The molecule has 2 nitrogen and oxygen atoms in total. The van der Waals surface area contributed by atoms with Crippen LogP contribution in [0.1, 0.15) is 36.5 Å². The van der Waals surface area contributed by atoms with Crippen molar-refractivity contribution in [1.82, 2.24) is 9.55 Å². The number of aromatic nitrogens is 2. The Morgan fingerprint density at radius 2 is 1.02 bits per heavy atom. The third-order valence-electron chi connectivity index (χ3n) is 7.23. The molecular formula is C38H32N2. The Kier molecular flexibility index (Phi) is 7.24. The number of benzene rings is 5. The molecule has 6 rings (SSSR count). The lowest BCUT2D eigenvalue weighted by atomic mass is 10.0. The average Bonchev–Trinajstić information content (AvgIpc) is 3.42. The number of nitrogens with zero attached hydrogens (tertiary/aromatic N) is 2. The maximum Gasteiger partial charge on any atom is 0.145 e. The second-order valence-corrected chi connectivity index (χ2v) is 10.3. The highest BCUT2D eigenvalue weighted by Crippen LogP contribution is 2.38. The van der Waals surface area contributed by atoms with Gasteiger partial charge in [0.1, 0.15) is 5.82 Å². The first-order valence-electron chi connectivity index (χ1n) is 13.8. The van der Waals surface area contributed by atoms with Gasteiger partial charge in [-0.1, -0.05) is 153 Å². The van der Waals surface area contributed by atoms with Gasteiger partial charge in [0.25, 0.3) is 0 Å². The molecule has 1 aromatic heterocycles. The SMILES string of the molecule is CC(C)c1ccc(/C=C/c2ccc(-c3nc(-c4ccccc4)c(-c4ccccc4)n3-c3ccccc3)cc2)cc1. The summed E-state index contributed by atoms with van der Waals surface area (Å²) in [4.78, 5) is 5.29. The summed E-state index contributed by atoms with van der Waals surface area (Å²) in [6.45, 7) is 4.45. The monoisotopic (exact) mass is 516 g/mol. The zero-order chi connectivity index (χ0) is 27.3. The van der Waals surface area contributed by atoms with E-state index in [1.54, 1.807) is 0 Å². The van der Waals surface area contributed by atoms with Gasteiger partial charge < -0.3 is 0 Å². The Morgan fingerprint density at radius 3 is 1.57 bits per heavy atom. The number of imidazole rings is 1. The van der Waals surface area contributed by atoms with Crippen molar-refractivity contribution >= 4 is 12.2 Å². The van der Waals surface area contributed by atoms with E-state index in [0.717, 1.165) is 45.2 Å². The highest BCUT2D eigenvalue weighted by molar-refractivity contribution is 5.84. The van der Waals surface area contributed by atoms with Crippen molar-refractivity contribution in [3.8, 4) is 39.6 Å². The van der Waals surface area contributed by atoms with Gasteiger partial charge in [-0.25, -0.2) is 4.98 Å². The summed E-state index contributed by atoms with van der Waals surface area (Å²) in [7, 11) is 0. The third kappa shape index (κ3) is 5.30. The Hall–Kier alpha value is -4.95. The van der Waals surface area contributed by atoms with Crippen LogP contribution in [0, 0.1) is 0 Å². The molecule has 0 bridgehead atoms. The minimum absolute atomic E-state index is 0.541. The Labute approximate surface area is 236 Å². The van der Waals surface area contributed by atoms with Gasteiger partial charge in [0.05, 0.1) is 11.4 Å². The van der Waals surface area contributed by atoms with E-state index in [-0.39, 0.29) is 0 Å². The maximum absolute atomic E-state index is 5.29. The van der Waals surface area contributed by atoms with Gasteiger partial charge in [0, 0.05) is 22.4 Å². The van der Waals surface area contributed by atoms with E-state index in [2.05, 4.69) is 164 Å². The van der Waals surface area contributed by atoms with Crippen LogP contribution in [-0.2, 0) is 0 Å². The molecular weight excluding hydrogens is 484 g/mol. The molecule has 0 unspecified atom stereocenters. The van der Waals surface area contributed by atoms with Gasteiger partial charge in [0.2, 0.25) is 0 Å². The second-order valence-electron chi connectivity index (χ2n) is 10.3. The maximum atomic E-state index is 5.29. The number of rotatable bonds is 7. The summed E-state index contributed by atoms with van der Waals surface area (Å²) in [5.41, 5.74) is 10.2. The number of hydrogen-bond acceptors (Lipinski definition) is 1. The zero-order valence-corrected chi connectivity index (χ0v) is 22.9. The molecule has 0 spiro atoms. The first-order chi connectivity index (χ1) is 19.7. The van der Waals surface area contributed by atoms with Crippen molar-refractivity contribution in [1.29, 1.82) is 0 Å². The van der Waals surface area contributed by atoms with Crippen LogP contribution in [0.25, 0.3) is 51.7 Å². The van der Waals surface area contributed by atoms with Crippen molar-refractivity contribution in [3.05, 3.63) is 156 Å². The van der Waals surface area contributed by atoms with Crippen LogP contribution in [0.3, 0.4) is 0 Å². The van der Waals surface area contributed by atoms with Crippen LogP contribution in [0.5, 0.6) is 0 Å². The molecule has 0 aliphatic carbocycles. The first kappa shape index (κ1) is 25.3. The molecule has 0 saturated heterocycles. The summed E-state index contributed by atoms with van der Waals surface area (Å²) >= 11 is 0. The lowest BCUT2D eigenvalue weighted by Gasteiger charge is -2.14. The highest BCUT2D eigenvalue weighted by Gasteiger charge is 2.22. The van der Waals surface area contributed by atoms with E-state index in [0.29, 0.717) is 5.92 Å². The van der Waals surface area contributed by atoms with Crippen molar-refractivity contribution in [2.75, 3.05) is 0 Å². The highest BCUT2D eigenvalue weighted by atomic mass is 15.1. The fourth-order valence-corrected chi connectivity index (χ4v) is 5.03. The van der Waals surface area contributed by atoms with Crippen LogP contribution >= 0.6 is 0 Å². The number of para-hydroxylation sites is 1. The topological polar surface area (TPSA) is 17.8 Å². The summed E-state index contributed by atoms with van der Waals surface area (Å²) in [5.74, 6) is 1.46.